The van der Waals surface area contributed by atoms with Crippen LogP contribution in [0.5, 0.6) is 0 Å². The standard InChI is InChI=1S/C8H10N2O/c1-6-3-7(2)10-8(4-6)5-9-11/h3-5,11H,1-2H3. The number of oxime groups is 1. The zero-order valence-corrected chi connectivity index (χ0v) is 6.57. The molecule has 0 amide bonds. The Balaban J connectivity index is 3.08. The van der Waals surface area contributed by atoms with Crippen molar-refractivity contribution in [1.82, 2.24) is 4.98 Å². The van der Waals surface area contributed by atoms with Gasteiger partial charge in [-0.3, -0.25) is 4.98 Å². The van der Waals surface area contributed by atoms with E-state index in [1.165, 1.54) is 6.21 Å². The van der Waals surface area contributed by atoms with Crippen molar-refractivity contribution in [3.05, 3.63) is 29.1 Å². The lowest BCUT2D eigenvalue weighted by atomic mass is 10.2. The normalized spacial score (nSPS) is 10.7. The zero-order valence-electron chi connectivity index (χ0n) is 6.57. The second-order valence-corrected chi connectivity index (χ2v) is 2.46. The summed E-state index contributed by atoms with van der Waals surface area (Å²) in [6.07, 6.45) is 1.32. The van der Waals surface area contributed by atoms with Crippen LogP contribution in [0.15, 0.2) is 17.3 Å². The molecule has 0 fully saturated rings. The fraction of sp³-hybridized carbons (Fsp3) is 0.250. The van der Waals surface area contributed by atoms with E-state index in [1.807, 2.05) is 26.0 Å². The minimum atomic E-state index is 0.685. The first kappa shape index (κ1) is 7.72. The maximum Gasteiger partial charge on any atom is 0.0918 e. The highest BCUT2D eigenvalue weighted by Gasteiger charge is 1.92. The summed E-state index contributed by atoms with van der Waals surface area (Å²) in [5.41, 5.74) is 2.73. The van der Waals surface area contributed by atoms with Gasteiger partial charge in [-0.25, -0.2) is 0 Å². The van der Waals surface area contributed by atoms with E-state index in [9.17, 15) is 0 Å². The topological polar surface area (TPSA) is 45.5 Å². The molecule has 1 N–H and O–H groups in total. The molecule has 0 aromatic carbocycles. The third kappa shape index (κ3) is 2.04. The average Bonchev–Trinajstić information content (AvgIpc) is 1.85. The second kappa shape index (κ2) is 3.14. The zero-order chi connectivity index (χ0) is 8.27. The molecule has 11 heavy (non-hydrogen) atoms. The molecule has 0 saturated carbocycles. The summed E-state index contributed by atoms with van der Waals surface area (Å²) in [5, 5.41) is 11.1. The molecule has 0 aliphatic rings. The van der Waals surface area contributed by atoms with Gasteiger partial charge in [-0.1, -0.05) is 5.16 Å². The van der Waals surface area contributed by atoms with Crippen molar-refractivity contribution in [2.75, 3.05) is 0 Å². The Hall–Kier alpha value is -1.38. The van der Waals surface area contributed by atoms with Gasteiger partial charge in [-0.2, -0.15) is 0 Å². The van der Waals surface area contributed by atoms with Gasteiger partial charge in [-0.15, -0.1) is 0 Å². The van der Waals surface area contributed by atoms with Crippen molar-refractivity contribution in [3.63, 3.8) is 0 Å². The summed E-state index contributed by atoms with van der Waals surface area (Å²) in [6, 6.07) is 3.82. The summed E-state index contributed by atoms with van der Waals surface area (Å²) < 4.78 is 0. The first-order chi connectivity index (χ1) is 5.22. The number of nitrogens with zero attached hydrogens (tertiary/aromatic N) is 2. The molecule has 3 heteroatoms. The second-order valence-electron chi connectivity index (χ2n) is 2.46. The third-order valence-electron chi connectivity index (χ3n) is 1.31. The van der Waals surface area contributed by atoms with Gasteiger partial charge in [0.1, 0.15) is 0 Å². The summed E-state index contributed by atoms with van der Waals surface area (Å²) >= 11 is 0. The monoisotopic (exact) mass is 150 g/mol. The largest absolute Gasteiger partial charge is 0.411 e. The molecule has 0 aliphatic carbocycles. The van der Waals surface area contributed by atoms with E-state index in [0.29, 0.717) is 5.69 Å². The van der Waals surface area contributed by atoms with Gasteiger partial charge in [0.05, 0.1) is 11.9 Å². The molecule has 1 heterocycles. The number of hydrogen-bond donors (Lipinski definition) is 1. The van der Waals surface area contributed by atoms with Crippen LogP contribution in [0.3, 0.4) is 0 Å². The lowest BCUT2D eigenvalue weighted by Gasteiger charge is -1.96. The average molecular weight is 150 g/mol. The molecule has 58 valence electrons. The molecule has 0 radical (unpaired) electrons. The molecule has 1 rings (SSSR count). The Bertz CT molecular complexity index is 261. The first-order valence-corrected chi connectivity index (χ1v) is 3.35. The van der Waals surface area contributed by atoms with Crippen LogP contribution < -0.4 is 0 Å². The molecular weight excluding hydrogens is 140 g/mol. The highest BCUT2D eigenvalue weighted by molar-refractivity contribution is 5.76. The van der Waals surface area contributed by atoms with Gasteiger partial charge in [0.15, 0.2) is 0 Å². The summed E-state index contributed by atoms with van der Waals surface area (Å²) in [5.74, 6) is 0. The van der Waals surface area contributed by atoms with Crippen LogP contribution in [-0.2, 0) is 0 Å². The summed E-state index contributed by atoms with van der Waals surface area (Å²) in [6.45, 7) is 3.88. The predicted octanol–water partition coefficient (Wildman–Crippen LogP) is 1.51. The Morgan fingerprint density at radius 2 is 2.18 bits per heavy atom. The first-order valence-electron chi connectivity index (χ1n) is 3.35. The maximum absolute atomic E-state index is 8.23. The van der Waals surface area contributed by atoms with Gasteiger partial charge in [0, 0.05) is 5.69 Å². The summed E-state index contributed by atoms with van der Waals surface area (Å²) in [7, 11) is 0. The highest BCUT2D eigenvalue weighted by Crippen LogP contribution is 2.01. The van der Waals surface area contributed by atoms with Crippen molar-refractivity contribution < 1.29 is 5.21 Å². The maximum atomic E-state index is 8.23. The van der Waals surface area contributed by atoms with Crippen LogP contribution in [0.1, 0.15) is 17.0 Å². The molecular formula is C8H10N2O. The van der Waals surface area contributed by atoms with Gasteiger partial charge < -0.3 is 5.21 Å². The lowest BCUT2D eigenvalue weighted by molar-refractivity contribution is 0.321. The van der Waals surface area contributed by atoms with Crippen molar-refractivity contribution in [1.29, 1.82) is 0 Å². The van der Waals surface area contributed by atoms with Crippen LogP contribution in [0.25, 0.3) is 0 Å². The summed E-state index contributed by atoms with van der Waals surface area (Å²) in [4.78, 5) is 4.11. The van der Waals surface area contributed by atoms with Gasteiger partial charge in [0.25, 0.3) is 0 Å². The van der Waals surface area contributed by atoms with E-state index < -0.39 is 0 Å². The number of hydrogen-bond acceptors (Lipinski definition) is 3. The van der Waals surface area contributed by atoms with E-state index in [1.54, 1.807) is 0 Å². The lowest BCUT2D eigenvalue weighted by Crippen LogP contribution is -1.91. The quantitative estimate of drug-likeness (QED) is 0.374. The Labute approximate surface area is 65.4 Å². The molecule has 1 aromatic heterocycles. The third-order valence-corrected chi connectivity index (χ3v) is 1.31. The molecule has 0 unspecified atom stereocenters. The molecule has 0 spiro atoms. The molecule has 0 bridgehead atoms. The van der Waals surface area contributed by atoms with Crippen LogP contribution in [-0.4, -0.2) is 16.4 Å². The number of aryl methyl sites for hydroxylation is 2. The van der Waals surface area contributed by atoms with Crippen molar-refractivity contribution in [3.8, 4) is 0 Å². The van der Waals surface area contributed by atoms with Crippen molar-refractivity contribution in [2.24, 2.45) is 5.16 Å². The fourth-order valence-electron chi connectivity index (χ4n) is 0.998. The number of aromatic nitrogens is 1. The molecule has 1 aromatic rings. The minimum Gasteiger partial charge on any atom is -0.411 e. The van der Waals surface area contributed by atoms with E-state index in [2.05, 4.69) is 10.1 Å². The van der Waals surface area contributed by atoms with Crippen molar-refractivity contribution in [2.45, 2.75) is 13.8 Å². The minimum absolute atomic E-state index is 0.685. The predicted molar refractivity (Wildman–Crippen MR) is 43.1 cm³/mol. The van der Waals surface area contributed by atoms with E-state index >= 15 is 0 Å². The Morgan fingerprint density at radius 1 is 1.45 bits per heavy atom. The smallest absolute Gasteiger partial charge is 0.0918 e. The Kier molecular flexibility index (Phi) is 2.21. The number of pyridine rings is 1. The van der Waals surface area contributed by atoms with E-state index in [4.69, 9.17) is 5.21 Å². The van der Waals surface area contributed by atoms with E-state index in [-0.39, 0.29) is 0 Å². The molecule has 3 nitrogen and oxygen atoms in total. The molecule has 0 aliphatic heterocycles. The Morgan fingerprint density at radius 3 is 2.73 bits per heavy atom. The van der Waals surface area contributed by atoms with Crippen molar-refractivity contribution >= 4 is 6.21 Å². The fourth-order valence-corrected chi connectivity index (χ4v) is 0.998. The van der Waals surface area contributed by atoms with Crippen LogP contribution in [0, 0.1) is 13.8 Å². The molecule has 0 atom stereocenters. The molecule has 0 saturated heterocycles. The number of rotatable bonds is 1. The van der Waals surface area contributed by atoms with E-state index in [0.717, 1.165) is 11.3 Å². The van der Waals surface area contributed by atoms with Gasteiger partial charge in [0.2, 0.25) is 0 Å². The van der Waals surface area contributed by atoms with Crippen LogP contribution in [0.4, 0.5) is 0 Å². The SMILES string of the molecule is Cc1cc(C)nc(C=NO)c1. The van der Waals surface area contributed by atoms with Crippen LogP contribution in [0.2, 0.25) is 0 Å². The highest BCUT2D eigenvalue weighted by atomic mass is 16.4. The van der Waals surface area contributed by atoms with Crippen LogP contribution >= 0.6 is 0 Å². The van der Waals surface area contributed by atoms with Gasteiger partial charge in [-0.05, 0) is 31.5 Å². The van der Waals surface area contributed by atoms with Gasteiger partial charge >= 0.3 is 0 Å².